The van der Waals surface area contributed by atoms with E-state index >= 15 is 0 Å². The predicted octanol–water partition coefficient (Wildman–Crippen LogP) is 2.90. The van der Waals surface area contributed by atoms with Gasteiger partial charge in [-0.05, 0) is 31.5 Å². The molecule has 0 aliphatic carbocycles. The Morgan fingerprint density at radius 1 is 1.07 bits per heavy atom. The third-order valence-electron chi connectivity index (χ3n) is 4.81. The molecule has 0 radical (unpaired) electrons. The van der Waals surface area contributed by atoms with Crippen molar-refractivity contribution in [1.29, 1.82) is 0 Å². The van der Waals surface area contributed by atoms with E-state index in [1.165, 1.54) is 0 Å². The Bertz CT molecular complexity index is 771. The van der Waals surface area contributed by atoms with Gasteiger partial charge in [0.1, 0.15) is 11.6 Å². The molecule has 1 N–H and O–H groups in total. The lowest BCUT2D eigenvalue weighted by molar-refractivity contribution is 0.191. The van der Waals surface area contributed by atoms with Gasteiger partial charge in [-0.1, -0.05) is 13.8 Å². The van der Waals surface area contributed by atoms with Crippen molar-refractivity contribution >= 4 is 11.8 Å². The molecule has 2 aromatic rings. The maximum absolute atomic E-state index is 12.6. The van der Waals surface area contributed by atoms with Crippen molar-refractivity contribution < 1.29 is 4.79 Å². The van der Waals surface area contributed by atoms with Gasteiger partial charge in [0.15, 0.2) is 0 Å². The molecule has 1 fully saturated rings. The largest absolute Gasteiger partial charge is 0.353 e. The van der Waals surface area contributed by atoms with Gasteiger partial charge >= 0.3 is 6.03 Å². The first-order chi connectivity index (χ1) is 12.9. The minimum absolute atomic E-state index is 0.0271. The Balaban J connectivity index is 1.58. The fraction of sp³-hybridized carbons (Fsp3) is 0.500. The number of pyridine rings is 1. The van der Waals surface area contributed by atoms with Gasteiger partial charge in [0.2, 0.25) is 0 Å². The van der Waals surface area contributed by atoms with E-state index in [2.05, 4.69) is 34.0 Å². The van der Waals surface area contributed by atoms with Gasteiger partial charge in [0.25, 0.3) is 0 Å². The molecule has 1 atom stereocenters. The van der Waals surface area contributed by atoms with Crippen molar-refractivity contribution in [1.82, 2.24) is 25.2 Å². The van der Waals surface area contributed by atoms with Crippen LogP contribution in [0.1, 0.15) is 49.8 Å². The van der Waals surface area contributed by atoms with Crippen molar-refractivity contribution in [2.24, 2.45) is 0 Å². The summed E-state index contributed by atoms with van der Waals surface area (Å²) in [5.74, 6) is 2.12. The number of anilines is 1. The number of hydrogen-bond donors (Lipinski definition) is 1. The van der Waals surface area contributed by atoms with Crippen LogP contribution >= 0.6 is 0 Å². The van der Waals surface area contributed by atoms with E-state index < -0.39 is 0 Å². The number of aryl methyl sites for hydroxylation is 1. The lowest BCUT2D eigenvalue weighted by atomic mass is 10.1. The van der Waals surface area contributed by atoms with Crippen LogP contribution in [-0.4, -0.2) is 52.1 Å². The second-order valence-corrected chi connectivity index (χ2v) is 7.31. The zero-order chi connectivity index (χ0) is 19.4. The average Bonchev–Trinajstić information content (AvgIpc) is 2.68. The summed E-state index contributed by atoms with van der Waals surface area (Å²) in [5, 5.41) is 3.07. The van der Waals surface area contributed by atoms with E-state index in [1.54, 1.807) is 12.4 Å². The van der Waals surface area contributed by atoms with E-state index in [0.717, 1.165) is 36.0 Å². The Morgan fingerprint density at radius 3 is 2.37 bits per heavy atom. The molecule has 0 bridgehead atoms. The van der Waals surface area contributed by atoms with Crippen LogP contribution in [0.25, 0.3) is 0 Å². The molecule has 2 aromatic heterocycles. The van der Waals surface area contributed by atoms with Gasteiger partial charge in [0, 0.05) is 56.3 Å². The molecule has 1 aliphatic rings. The van der Waals surface area contributed by atoms with Crippen molar-refractivity contribution in [3.05, 3.63) is 47.7 Å². The maximum Gasteiger partial charge on any atom is 0.317 e. The molecule has 7 heteroatoms. The van der Waals surface area contributed by atoms with E-state index in [1.807, 2.05) is 36.9 Å². The van der Waals surface area contributed by atoms with Crippen LogP contribution in [0.5, 0.6) is 0 Å². The van der Waals surface area contributed by atoms with Gasteiger partial charge in [-0.3, -0.25) is 4.98 Å². The number of aromatic nitrogens is 3. The van der Waals surface area contributed by atoms with Crippen LogP contribution in [0.3, 0.4) is 0 Å². The fourth-order valence-electron chi connectivity index (χ4n) is 3.15. The van der Waals surface area contributed by atoms with Gasteiger partial charge in [-0.15, -0.1) is 0 Å². The first-order valence-electron chi connectivity index (χ1n) is 9.50. The van der Waals surface area contributed by atoms with Crippen molar-refractivity contribution in [2.45, 2.75) is 39.7 Å². The highest BCUT2D eigenvalue weighted by atomic mass is 16.2. The minimum Gasteiger partial charge on any atom is -0.353 e. The molecule has 2 amide bonds. The fourth-order valence-corrected chi connectivity index (χ4v) is 3.15. The number of nitrogens with one attached hydrogen (secondary N) is 1. The molecule has 0 aromatic carbocycles. The molecule has 3 heterocycles. The van der Waals surface area contributed by atoms with E-state index in [9.17, 15) is 4.79 Å². The van der Waals surface area contributed by atoms with Crippen LogP contribution in [-0.2, 0) is 0 Å². The zero-order valence-corrected chi connectivity index (χ0v) is 16.5. The van der Waals surface area contributed by atoms with Crippen LogP contribution in [0.15, 0.2) is 30.6 Å². The zero-order valence-electron chi connectivity index (χ0n) is 16.5. The van der Waals surface area contributed by atoms with Gasteiger partial charge in [-0.2, -0.15) is 0 Å². The van der Waals surface area contributed by atoms with Crippen molar-refractivity contribution in [3.63, 3.8) is 0 Å². The monoisotopic (exact) mass is 368 g/mol. The van der Waals surface area contributed by atoms with E-state index in [4.69, 9.17) is 4.98 Å². The number of rotatable bonds is 4. The smallest absolute Gasteiger partial charge is 0.317 e. The Morgan fingerprint density at radius 2 is 1.74 bits per heavy atom. The molecule has 144 valence electrons. The Kier molecular flexibility index (Phi) is 5.88. The number of carbonyl (C=O) groups is 1. The highest BCUT2D eigenvalue weighted by molar-refractivity contribution is 5.75. The van der Waals surface area contributed by atoms with Crippen LogP contribution in [0, 0.1) is 6.92 Å². The number of nitrogens with zero attached hydrogens (tertiary/aromatic N) is 5. The topological polar surface area (TPSA) is 74.2 Å². The van der Waals surface area contributed by atoms with Crippen LogP contribution in [0.2, 0.25) is 0 Å². The first kappa shape index (κ1) is 19.1. The van der Waals surface area contributed by atoms with Gasteiger partial charge < -0.3 is 15.1 Å². The molecule has 1 saturated heterocycles. The molecule has 1 aliphatic heterocycles. The minimum atomic E-state index is -0.0448. The molecular formula is C20H28N6O. The van der Waals surface area contributed by atoms with Crippen LogP contribution in [0.4, 0.5) is 10.6 Å². The summed E-state index contributed by atoms with van der Waals surface area (Å²) in [7, 11) is 0. The predicted molar refractivity (Wildman–Crippen MR) is 106 cm³/mol. The highest BCUT2D eigenvalue weighted by Gasteiger charge is 2.23. The van der Waals surface area contributed by atoms with E-state index in [-0.39, 0.29) is 12.1 Å². The van der Waals surface area contributed by atoms with Gasteiger partial charge in [-0.25, -0.2) is 14.8 Å². The Hall–Kier alpha value is -2.70. The molecule has 0 saturated carbocycles. The molecule has 3 rings (SSSR count). The lowest BCUT2D eigenvalue weighted by Crippen LogP contribution is -2.52. The summed E-state index contributed by atoms with van der Waals surface area (Å²) in [6.07, 6.45) is 3.48. The molecule has 0 spiro atoms. The van der Waals surface area contributed by atoms with Gasteiger partial charge in [0.05, 0.1) is 6.04 Å². The summed E-state index contributed by atoms with van der Waals surface area (Å²) in [6, 6.07) is 5.80. The molecule has 1 unspecified atom stereocenters. The van der Waals surface area contributed by atoms with Crippen molar-refractivity contribution in [3.8, 4) is 0 Å². The SMILES string of the molecule is Cc1cc(N2CCN(C(=O)NC(C)c3ccncc3)CC2)nc(C(C)C)n1. The summed E-state index contributed by atoms with van der Waals surface area (Å²) < 4.78 is 0. The first-order valence-corrected chi connectivity index (χ1v) is 9.50. The van der Waals surface area contributed by atoms with Crippen molar-refractivity contribution in [2.75, 3.05) is 31.1 Å². The second kappa shape index (κ2) is 8.33. The quantitative estimate of drug-likeness (QED) is 0.898. The highest BCUT2D eigenvalue weighted by Crippen LogP contribution is 2.19. The number of amides is 2. The van der Waals surface area contributed by atoms with E-state index in [0.29, 0.717) is 19.0 Å². The summed E-state index contributed by atoms with van der Waals surface area (Å²) >= 11 is 0. The average molecular weight is 368 g/mol. The number of piperazine rings is 1. The second-order valence-electron chi connectivity index (χ2n) is 7.31. The maximum atomic E-state index is 12.6. The molecular weight excluding hydrogens is 340 g/mol. The normalized spacial score (nSPS) is 15.7. The number of hydrogen-bond acceptors (Lipinski definition) is 5. The lowest BCUT2D eigenvalue weighted by Gasteiger charge is -2.36. The molecule has 27 heavy (non-hydrogen) atoms. The molecule has 7 nitrogen and oxygen atoms in total. The number of carbonyl (C=O) groups excluding carboxylic acids is 1. The summed E-state index contributed by atoms with van der Waals surface area (Å²) in [5.41, 5.74) is 2.03. The Labute approximate surface area is 160 Å². The summed E-state index contributed by atoms with van der Waals surface area (Å²) in [6.45, 7) is 11.1. The number of urea groups is 1. The third kappa shape index (κ3) is 4.72. The third-order valence-corrected chi connectivity index (χ3v) is 4.81. The standard InChI is InChI=1S/C20H28N6O/c1-14(2)19-22-15(3)13-18(24-19)25-9-11-26(12-10-25)20(27)23-16(4)17-5-7-21-8-6-17/h5-8,13-14,16H,9-12H2,1-4H3,(H,23,27). The van der Waals surface area contributed by atoms with Crippen LogP contribution < -0.4 is 10.2 Å². The summed E-state index contributed by atoms with van der Waals surface area (Å²) in [4.78, 5) is 29.9.